The Morgan fingerprint density at radius 1 is 1.12 bits per heavy atom. The number of methoxy groups -OCH3 is 1. The van der Waals surface area contributed by atoms with E-state index in [1.54, 1.807) is 26.2 Å². The third-order valence-electron chi connectivity index (χ3n) is 2.29. The van der Waals surface area contributed by atoms with Crippen molar-refractivity contribution in [2.75, 3.05) is 7.11 Å². The van der Waals surface area contributed by atoms with Gasteiger partial charge in [0.15, 0.2) is 0 Å². The highest BCUT2D eigenvalue weighted by Gasteiger charge is 2.20. The molecule has 0 saturated heterocycles. The van der Waals surface area contributed by atoms with Crippen molar-refractivity contribution < 1.29 is 9.13 Å². The minimum Gasteiger partial charge on any atom is -0.496 e. The van der Waals surface area contributed by atoms with Crippen molar-refractivity contribution in [1.29, 1.82) is 0 Å². The van der Waals surface area contributed by atoms with Crippen LogP contribution in [-0.2, 0) is 5.41 Å². The van der Waals surface area contributed by atoms with E-state index in [1.165, 1.54) is 0 Å². The fourth-order valence-electron chi connectivity index (χ4n) is 1.41. The van der Waals surface area contributed by atoms with Gasteiger partial charge in [0.25, 0.3) is 0 Å². The molecular weight excluding hydrogens is 203 g/mol. The molecule has 0 bridgehead atoms. The van der Waals surface area contributed by atoms with Gasteiger partial charge in [0.2, 0.25) is 0 Å². The second kappa shape index (κ2) is 5.88. The van der Waals surface area contributed by atoms with Gasteiger partial charge in [-0.25, -0.2) is 4.39 Å². The van der Waals surface area contributed by atoms with Crippen LogP contribution < -0.4 is 4.74 Å². The summed E-state index contributed by atoms with van der Waals surface area (Å²) in [7, 11) is 1.61. The van der Waals surface area contributed by atoms with Crippen LogP contribution in [0.15, 0.2) is 12.1 Å². The molecule has 1 nitrogen and oxygen atoms in total. The van der Waals surface area contributed by atoms with E-state index in [0.29, 0.717) is 5.56 Å². The molecular formula is C14H23FO. The summed E-state index contributed by atoms with van der Waals surface area (Å²) in [5.41, 5.74) is 1.43. The summed E-state index contributed by atoms with van der Waals surface area (Å²) in [5, 5.41) is 0. The van der Waals surface area contributed by atoms with Crippen LogP contribution in [0.2, 0.25) is 0 Å². The first-order chi connectivity index (χ1) is 7.36. The van der Waals surface area contributed by atoms with Gasteiger partial charge >= 0.3 is 0 Å². The normalized spacial score (nSPS) is 10.5. The summed E-state index contributed by atoms with van der Waals surface area (Å²) in [6.45, 7) is 11.9. The van der Waals surface area contributed by atoms with E-state index in [0.717, 1.165) is 11.3 Å². The number of benzene rings is 1. The van der Waals surface area contributed by atoms with Crippen LogP contribution in [0, 0.1) is 12.7 Å². The first-order valence-corrected chi connectivity index (χ1v) is 5.71. The van der Waals surface area contributed by atoms with Crippen LogP contribution in [0.4, 0.5) is 4.39 Å². The average molecular weight is 226 g/mol. The first-order valence-electron chi connectivity index (χ1n) is 5.71. The van der Waals surface area contributed by atoms with E-state index in [4.69, 9.17) is 4.74 Å². The van der Waals surface area contributed by atoms with E-state index >= 15 is 0 Å². The van der Waals surface area contributed by atoms with Gasteiger partial charge in [-0.1, -0.05) is 34.6 Å². The van der Waals surface area contributed by atoms with Gasteiger partial charge in [-0.3, -0.25) is 0 Å². The Hall–Kier alpha value is -1.05. The molecule has 0 N–H and O–H groups in total. The maximum absolute atomic E-state index is 13.4. The first kappa shape index (κ1) is 14.9. The van der Waals surface area contributed by atoms with Gasteiger partial charge < -0.3 is 4.74 Å². The lowest BCUT2D eigenvalue weighted by atomic mass is 9.85. The van der Waals surface area contributed by atoms with Gasteiger partial charge in [0.1, 0.15) is 11.6 Å². The molecule has 0 heterocycles. The van der Waals surface area contributed by atoms with Gasteiger partial charge in [-0.05, 0) is 30.0 Å². The third-order valence-corrected chi connectivity index (χ3v) is 2.29. The van der Waals surface area contributed by atoms with Crippen molar-refractivity contribution in [3.63, 3.8) is 0 Å². The van der Waals surface area contributed by atoms with Crippen molar-refractivity contribution >= 4 is 0 Å². The number of hydrogen-bond acceptors (Lipinski definition) is 1. The van der Waals surface area contributed by atoms with E-state index in [9.17, 15) is 4.39 Å². The molecule has 0 aromatic heterocycles. The summed E-state index contributed by atoms with van der Waals surface area (Å²) < 4.78 is 18.6. The molecule has 0 amide bonds. The fourth-order valence-corrected chi connectivity index (χ4v) is 1.41. The quantitative estimate of drug-likeness (QED) is 0.686. The monoisotopic (exact) mass is 226 g/mol. The predicted octanol–water partition coefficient (Wildman–Crippen LogP) is 4.47. The Labute approximate surface area is 98.6 Å². The van der Waals surface area contributed by atoms with Gasteiger partial charge in [-0.15, -0.1) is 0 Å². The molecule has 0 aliphatic carbocycles. The number of aryl methyl sites for hydroxylation is 1. The van der Waals surface area contributed by atoms with Crippen LogP contribution >= 0.6 is 0 Å². The summed E-state index contributed by atoms with van der Waals surface area (Å²) in [4.78, 5) is 0. The summed E-state index contributed by atoms with van der Waals surface area (Å²) in [6.07, 6.45) is 0. The second-order valence-electron chi connectivity index (χ2n) is 4.55. The Morgan fingerprint density at radius 3 is 2.00 bits per heavy atom. The zero-order chi connectivity index (χ0) is 12.9. The minimum absolute atomic E-state index is 0.0973. The van der Waals surface area contributed by atoms with Crippen molar-refractivity contribution in [1.82, 2.24) is 0 Å². The van der Waals surface area contributed by atoms with Gasteiger partial charge in [-0.2, -0.15) is 0 Å². The molecule has 1 aromatic rings. The number of rotatable bonds is 1. The topological polar surface area (TPSA) is 9.23 Å². The molecule has 0 saturated carbocycles. The Bertz CT molecular complexity index is 337. The molecule has 0 atom stereocenters. The highest BCUT2D eigenvalue weighted by atomic mass is 19.1. The zero-order valence-corrected chi connectivity index (χ0v) is 11.4. The fraction of sp³-hybridized carbons (Fsp3) is 0.571. The van der Waals surface area contributed by atoms with Crippen molar-refractivity contribution in [3.8, 4) is 5.75 Å². The van der Waals surface area contributed by atoms with Crippen molar-refractivity contribution in [3.05, 3.63) is 29.1 Å². The Kier molecular flexibility index (Phi) is 5.49. The van der Waals surface area contributed by atoms with Crippen LogP contribution in [0.3, 0.4) is 0 Å². The molecule has 0 aliphatic rings. The molecule has 0 unspecified atom stereocenters. The van der Waals surface area contributed by atoms with E-state index in [1.807, 2.05) is 34.6 Å². The smallest absolute Gasteiger partial charge is 0.126 e. The van der Waals surface area contributed by atoms with Crippen LogP contribution in [-0.4, -0.2) is 7.11 Å². The van der Waals surface area contributed by atoms with Gasteiger partial charge in [0, 0.05) is 5.56 Å². The highest BCUT2D eigenvalue weighted by Crippen LogP contribution is 2.32. The molecule has 0 radical (unpaired) electrons. The number of hydrogen-bond donors (Lipinski definition) is 0. The second-order valence-corrected chi connectivity index (χ2v) is 4.55. The molecule has 92 valence electrons. The standard InChI is InChI=1S/C12H17FO.C2H6/c1-8-6-11(14-5)9(7-10(8)13)12(2,3)4;1-2/h6-7H,1-5H3;1-2H3. The number of ether oxygens (including phenoxy) is 1. The molecule has 2 heteroatoms. The highest BCUT2D eigenvalue weighted by molar-refractivity contribution is 5.42. The van der Waals surface area contributed by atoms with Gasteiger partial charge in [0.05, 0.1) is 7.11 Å². The lowest BCUT2D eigenvalue weighted by Gasteiger charge is -2.22. The summed E-state index contributed by atoms with van der Waals surface area (Å²) in [5.74, 6) is 0.590. The maximum atomic E-state index is 13.4. The van der Waals surface area contributed by atoms with Crippen LogP contribution in [0.5, 0.6) is 5.75 Å². The minimum atomic E-state index is -0.171. The third kappa shape index (κ3) is 3.51. The molecule has 1 rings (SSSR count). The molecule has 1 aromatic carbocycles. The Morgan fingerprint density at radius 2 is 1.62 bits per heavy atom. The summed E-state index contributed by atoms with van der Waals surface area (Å²) >= 11 is 0. The molecule has 0 aliphatic heterocycles. The van der Waals surface area contributed by atoms with E-state index in [2.05, 4.69) is 0 Å². The van der Waals surface area contributed by atoms with E-state index in [-0.39, 0.29) is 11.2 Å². The van der Waals surface area contributed by atoms with Crippen molar-refractivity contribution in [2.24, 2.45) is 0 Å². The lowest BCUT2D eigenvalue weighted by molar-refractivity contribution is 0.395. The van der Waals surface area contributed by atoms with Crippen LogP contribution in [0.1, 0.15) is 45.7 Å². The lowest BCUT2D eigenvalue weighted by Crippen LogP contribution is -2.13. The number of halogens is 1. The summed E-state index contributed by atoms with van der Waals surface area (Å²) in [6, 6.07) is 3.31. The SMILES string of the molecule is CC.COc1cc(C)c(F)cc1C(C)(C)C. The molecule has 0 spiro atoms. The molecule has 0 fully saturated rings. The van der Waals surface area contributed by atoms with E-state index < -0.39 is 0 Å². The average Bonchev–Trinajstić information content (AvgIpc) is 2.23. The maximum Gasteiger partial charge on any atom is 0.126 e. The predicted molar refractivity (Wildman–Crippen MR) is 67.7 cm³/mol. The Balaban J connectivity index is 0.00000106. The molecule has 16 heavy (non-hydrogen) atoms. The van der Waals surface area contributed by atoms with Crippen LogP contribution in [0.25, 0.3) is 0 Å². The zero-order valence-electron chi connectivity index (χ0n) is 11.4. The van der Waals surface area contributed by atoms with Crippen molar-refractivity contribution in [2.45, 2.75) is 47.0 Å². The largest absolute Gasteiger partial charge is 0.496 e.